The van der Waals surface area contributed by atoms with Gasteiger partial charge in [0.15, 0.2) is 5.82 Å². The first-order valence-corrected chi connectivity index (χ1v) is 8.04. The van der Waals surface area contributed by atoms with Crippen molar-refractivity contribution in [2.24, 2.45) is 0 Å². The van der Waals surface area contributed by atoms with Crippen molar-refractivity contribution in [1.29, 1.82) is 0 Å². The Bertz CT molecular complexity index is 818. The molecule has 0 bridgehead atoms. The Morgan fingerprint density at radius 1 is 1.29 bits per heavy atom. The maximum Gasteiger partial charge on any atom is 0.251 e. The minimum Gasteiger partial charge on any atom is -0.464 e. The molecule has 0 spiro atoms. The highest BCUT2D eigenvalue weighted by Crippen LogP contribution is 2.38. The summed E-state index contributed by atoms with van der Waals surface area (Å²) in [5.41, 5.74) is 1.42. The first-order valence-electron chi connectivity index (χ1n) is 8.04. The molecule has 1 saturated carbocycles. The van der Waals surface area contributed by atoms with Crippen molar-refractivity contribution in [3.63, 3.8) is 0 Å². The van der Waals surface area contributed by atoms with Crippen LogP contribution in [0.5, 0.6) is 5.75 Å². The van der Waals surface area contributed by atoms with Crippen molar-refractivity contribution < 1.29 is 14.1 Å². The number of ether oxygens (including phenoxy) is 1. The zero-order chi connectivity index (χ0) is 16.4. The number of fused-ring (bicyclic) bond motifs is 1. The van der Waals surface area contributed by atoms with Crippen LogP contribution in [0.2, 0.25) is 0 Å². The number of nitrogens with zero attached hydrogens (tertiary/aromatic N) is 2. The summed E-state index contributed by atoms with van der Waals surface area (Å²) in [5.74, 6) is 2.40. The van der Waals surface area contributed by atoms with Gasteiger partial charge in [0.2, 0.25) is 5.89 Å². The van der Waals surface area contributed by atoms with Gasteiger partial charge in [-0.05, 0) is 31.1 Å². The van der Waals surface area contributed by atoms with Crippen LogP contribution >= 0.6 is 0 Å². The fraction of sp³-hybridized carbons (Fsp3) is 0.278. The number of hydrogen-bond acceptors (Lipinski definition) is 5. The molecule has 1 aliphatic heterocycles. The lowest BCUT2D eigenvalue weighted by molar-refractivity contribution is -0.117. The summed E-state index contributed by atoms with van der Waals surface area (Å²) < 4.78 is 10.7. The molecule has 6 heteroatoms. The first kappa shape index (κ1) is 14.7. The van der Waals surface area contributed by atoms with Gasteiger partial charge in [-0.25, -0.2) is 0 Å². The van der Waals surface area contributed by atoms with Gasteiger partial charge in [-0.1, -0.05) is 23.4 Å². The third-order valence-electron chi connectivity index (χ3n) is 3.99. The predicted octanol–water partition coefficient (Wildman–Crippen LogP) is 2.60. The van der Waals surface area contributed by atoms with Gasteiger partial charge in [-0.15, -0.1) is 0 Å². The van der Waals surface area contributed by atoms with E-state index in [4.69, 9.17) is 9.26 Å². The lowest BCUT2D eigenvalue weighted by atomic mass is 10.1. The Balaban J connectivity index is 1.36. The molecular weight excluding hydrogens is 306 g/mol. The molecule has 0 atom stereocenters. The maximum absolute atomic E-state index is 12.3. The molecule has 1 aromatic heterocycles. The predicted molar refractivity (Wildman–Crippen MR) is 87.2 cm³/mol. The molecule has 1 N–H and O–H groups in total. The minimum absolute atomic E-state index is 0.159. The van der Waals surface area contributed by atoms with Crippen LogP contribution < -0.4 is 10.1 Å². The molecule has 24 heavy (non-hydrogen) atoms. The van der Waals surface area contributed by atoms with Gasteiger partial charge in [-0.2, -0.15) is 4.98 Å². The molecule has 122 valence electrons. The fourth-order valence-corrected chi connectivity index (χ4v) is 2.51. The summed E-state index contributed by atoms with van der Waals surface area (Å²) in [6, 6.07) is 7.58. The number of hydrogen-bond donors (Lipinski definition) is 1. The maximum atomic E-state index is 12.3. The van der Waals surface area contributed by atoms with Crippen molar-refractivity contribution >= 4 is 12.0 Å². The van der Waals surface area contributed by atoms with Crippen LogP contribution in [0, 0.1) is 0 Å². The van der Waals surface area contributed by atoms with Gasteiger partial charge in [0.25, 0.3) is 5.91 Å². The van der Waals surface area contributed by atoms with Crippen LogP contribution in [-0.4, -0.2) is 22.6 Å². The molecule has 2 aliphatic rings. The third-order valence-corrected chi connectivity index (χ3v) is 3.99. The van der Waals surface area contributed by atoms with Crippen molar-refractivity contribution in [3.8, 4) is 5.75 Å². The van der Waals surface area contributed by atoms with E-state index in [2.05, 4.69) is 15.5 Å². The van der Waals surface area contributed by atoms with Gasteiger partial charge in [0.05, 0.1) is 6.26 Å². The standard InChI is InChI=1S/C18H17N3O3/c22-18(14-8-10-23-15-4-2-1-3-13(15)11-14)19-9-7-16-20-17(21-24-16)12-5-6-12/h1-4,8,10-12H,5-7,9H2,(H,19,22). The average molecular weight is 323 g/mol. The highest BCUT2D eigenvalue weighted by Gasteiger charge is 2.28. The second-order valence-corrected chi connectivity index (χ2v) is 5.88. The summed E-state index contributed by atoms with van der Waals surface area (Å²) in [6.07, 6.45) is 7.80. The average Bonchev–Trinajstić information content (AvgIpc) is 3.38. The summed E-state index contributed by atoms with van der Waals surface area (Å²) in [5, 5.41) is 6.84. The number of amides is 1. The SMILES string of the molecule is O=C(NCCc1nc(C2CC2)no1)C1=Cc2ccccc2OC=C1. The Morgan fingerprint density at radius 2 is 2.17 bits per heavy atom. The highest BCUT2D eigenvalue weighted by atomic mass is 16.5. The number of rotatable bonds is 5. The number of carbonyl (C=O) groups is 1. The smallest absolute Gasteiger partial charge is 0.251 e. The van der Waals surface area contributed by atoms with Crippen molar-refractivity contribution in [2.45, 2.75) is 25.2 Å². The number of carbonyl (C=O) groups excluding carboxylic acids is 1. The molecule has 0 radical (unpaired) electrons. The molecule has 1 aromatic carbocycles. The van der Waals surface area contributed by atoms with Crippen LogP contribution in [0.3, 0.4) is 0 Å². The molecule has 4 rings (SSSR count). The van der Waals surface area contributed by atoms with E-state index >= 15 is 0 Å². The molecule has 0 saturated heterocycles. The largest absolute Gasteiger partial charge is 0.464 e. The topological polar surface area (TPSA) is 77.3 Å². The van der Waals surface area contributed by atoms with Crippen LogP contribution in [0.15, 0.2) is 46.7 Å². The van der Waals surface area contributed by atoms with E-state index in [0.29, 0.717) is 30.3 Å². The van der Waals surface area contributed by atoms with E-state index < -0.39 is 0 Å². The second-order valence-electron chi connectivity index (χ2n) is 5.88. The molecule has 1 aliphatic carbocycles. The first-order chi connectivity index (χ1) is 11.8. The van der Waals surface area contributed by atoms with Crippen molar-refractivity contribution in [2.75, 3.05) is 6.54 Å². The molecular formula is C18H17N3O3. The number of para-hydroxylation sites is 1. The molecule has 1 amide bonds. The number of nitrogens with one attached hydrogen (secondary N) is 1. The number of benzene rings is 1. The summed E-state index contributed by atoms with van der Waals surface area (Å²) in [6.45, 7) is 0.443. The Hall–Kier alpha value is -2.89. The van der Waals surface area contributed by atoms with Gasteiger partial charge in [-0.3, -0.25) is 4.79 Å². The van der Waals surface area contributed by atoms with E-state index in [1.54, 1.807) is 6.08 Å². The molecule has 2 heterocycles. The lowest BCUT2D eigenvalue weighted by Crippen LogP contribution is -2.26. The second kappa shape index (κ2) is 6.31. The van der Waals surface area contributed by atoms with Gasteiger partial charge >= 0.3 is 0 Å². The summed E-state index contributed by atoms with van der Waals surface area (Å²) in [7, 11) is 0. The van der Waals surface area contributed by atoms with Crippen LogP contribution in [0.4, 0.5) is 0 Å². The third kappa shape index (κ3) is 3.22. The van der Waals surface area contributed by atoms with Crippen LogP contribution in [0.25, 0.3) is 6.08 Å². The Kier molecular flexibility index (Phi) is 3.86. The van der Waals surface area contributed by atoms with Crippen molar-refractivity contribution in [1.82, 2.24) is 15.5 Å². The zero-order valence-electron chi connectivity index (χ0n) is 13.1. The molecule has 6 nitrogen and oxygen atoms in total. The normalized spacial score (nSPS) is 15.9. The van der Waals surface area contributed by atoms with Crippen molar-refractivity contribution in [3.05, 3.63) is 59.5 Å². The molecule has 0 unspecified atom stereocenters. The molecule has 1 fully saturated rings. The fourth-order valence-electron chi connectivity index (χ4n) is 2.51. The lowest BCUT2D eigenvalue weighted by Gasteiger charge is -2.04. The Morgan fingerprint density at radius 3 is 3.04 bits per heavy atom. The van der Waals surface area contributed by atoms with E-state index in [9.17, 15) is 4.79 Å². The zero-order valence-corrected chi connectivity index (χ0v) is 13.1. The van der Waals surface area contributed by atoms with Crippen LogP contribution in [-0.2, 0) is 11.2 Å². The molecule has 2 aromatic rings. The van der Waals surface area contributed by atoms with E-state index in [0.717, 1.165) is 30.0 Å². The summed E-state index contributed by atoms with van der Waals surface area (Å²) in [4.78, 5) is 16.7. The Labute approximate surface area is 139 Å². The van der Waals surface area contributed by atoms with E-state index in [1.807, 2.05) is 30.3 Å². The quantitative estimate of drug-likeness (QED) is 0.915. The summed E-state index contributed by atoms with van der Waals surface area (Å²) >= 11 is 0. The van der Waals surface area contributed by atoms with Gasteiger partial charge in [0.1, 0.15) is 5.75 Å². The van der Waals surface area contributed by atoms with E-state index in [-0.39, 0.29) is 5.91 Å². The van der Waals surface area contributed by atoms with Crippen LogP contribution in [0.1, 0.15) is 36.0 Å². The highest BCUT2D eigenvalue weighted by molar-refractivity contribution is 6.01. The van der Waals surface area contributed by atoms with Gasteiger partial charge in [0, 0.05) is 30.0 Å². The van der Waals surface area contributed by atoms with E-state index in [1.165, 1.54) is 6.26 Å². The number of aromatic nitrogens is 2. The minimum atomic E-state index is -0.159. The monoisotopic (exact) mass is 323 g/mol. The van der Waals surface area contributed by atoms with Gasteiger partial charge < -0.3 is 14.6 Å².